The van der Waals surface area contributed by atoms with Crippen molar-refractivity contribution >= 4 is 23.4 Å². The van der Waals surface area contributed by atoms with Gasteiger partial charge in [0.05, 0.1) is 0 Å². The Labute approximate surface area is 85.4 Å². The fraction of sp³-hybridized carbons (Fsp3) is 1.00. The molecule has 0 aliphatic carbocycles. The van der Waals surface area contributed by atoms with Gasteiger partial charge in [-0.05, 0) is 36.9 Å². The van der Waals surface area contributed by atoms with Crippen LogP contribution in [-0.2, 0) is 0 Å². The summed E-state index contributed by atoms with van der Waals surface area (Å²) in [5, 5.41) is 0.913. The van der Waals surface area contributed by atoms with Crippen LogP contribution < -0.4 is 0 Å². The van der Waals surface area contributed by atoms with Gasteiger partial charge in [-0.2, -0.15) is 11.8 Å². The zero-order valence-electron chi connectivity index (χ0n) is 8.05. The highest BCUT2D eigenvalue weighted by Gasteiger charge is 2.21. The molecule has 0 nitrogen and oxygen atoms in total. The topological polar surface area (TPSA) is 0 Å². The lowest BCUT2D eigenvalue weighted by Gasteiger charge is -2.20. The quantitative estimate of drug-likeness (QED) is 0.631. The molecule has 1 heterocycles. The molecule has 0 spiro atoms. The summed E-state index contributed by atoms with van der Waals surface area (Å²) in [6.07, 6.45) is 4.18. The predicted octanol–water partition coefficient (Wildman–Crippen LogP) is 3.78. The van der Waals surface area contributed by atoms with Crippen molar-refractivity contribution in [2.45, 2.75) is 38.4 Å². The van der Waals surface area contributed by atoms with Gasteiger partial charge >= 0.3 is 0 Å². The van der Waals surface area contributed by atoms with Crippen LogP contribution in [0.4, 0.5) is 0 Å². The lowest BCUT2D eigenvalue weighted by Crippen LogP contribution is -2.15. The third kappa shape index (κ3) is 3.18. The van der Waals surface area contributed by atoms with E-state index in [2.05, 4.69) is 25.6 Å². The molecule has 2 heteroatoms. The second-order valence-corrected chi connectivity index (χ2v) is 5.75. The third-order valence-electron chi connectivity index (χ3n) is 2.73. The molecule has 0 aromatic rings. The average molecular weight is 207 g/mol. The second-order valence-electron chi connectivity index (χ2n) is 4.03. The first kappa shape index (κ1) is 10.7. The van der Waals surface area contributed by atoms with Crippen LogP contribution in [0.15, 0.2) is 0 Å². The van der Waals surface area contributed by atoms with E-state index in [4.69, 9.17) is 11.6 Å². The summed E-state index contributed by atoms with van der Waals surface area (Å²) in [6, 6.07) is 0. The largest absolute Gasteiger partial charge is 0.159 e. The molecule has 0 radical (unpaired) electrons. The van der Waals surface area contributed by atoms with Crippen molar-refractivity contribution in [3.63, 3.8) is 0 Å². The van der Waals surface area contributed by atoms with Gasteiger partial charge in [-0.3, -0.25) is 0 Å². The van der Waals surface area contributed by atoms with Crippen molar-refractivity contribution in [3.8, 4) is 0 Å². The van der Waals surface area contributed by atoms with E-state index < -0.39 is 0 Å². The molecule has 0 saturated carbocycles. The van der Waals surface area contributed by atoms with Crippen molar-refractivity contribution in [3.05, 3.63) is 0 Å². The van der Waals surface area contributed by atoms with Crippen LogP contribution in [-0.4, -0.2) is 16.9 Å². The molecule has 1 aliphatic heterocycles. The Balaban J connectivity index is 2.26. The molecule has 1 fully saturated rings. The van der Waals surface area contributed by atoms with Crippen LogP contribution >= 0.6 is 23.4 Å². The third-order valence-corrected chi connectivity index (χ3v) is 4.55. The van der Waals surface area contributed by atoms with Crippen LogP contribution in [0.5, 0.6) is 0 Å². The monoisotopic (exact) mass is 206 g/mol. The molecule has 2 unspecified atom stereocenters. The number of alkyl halides is 1. The van der Waals surface area contributed by atoms with E-state index in [0.29, 0.717) is 0 Å². The fourth-order valence-electron chi connectivity index (χ4n) is 1.68. The molecule has 2 atom stereocenters. The van der Waals surface area contributed by atoms with Crippen molar-refractivity contribution < 1.29 is 0 Å². The van der Waals surface area contributed by atoms with Crippen LogP contribution in [0.3, 0.4) is 0 Å². The van der Waals surface area contributed by atoms with Gasteiger partial charge in [-0.1, -0.05) is 13.8 Å². The number of rotatable bonds is 4. The van der Waals surface area contributed by atoms with E-state index in [1.54, 1.807) is 0 Å². The van der Waals surface area contributed by atoms with Crippen LogP contribution in [0.25, 0.3) is 0 Å². The van der Waals surface area contributed by atoms with Gasteiger partial charge < -0.3 is 0 Å². The van der Waals surface area contributed by atoms with Crippen molar-refractivity contribution in [1.29, 1.82) is 0 Å². The standard InChI is InChI=1S/C10H19ClS/c1-8(2)9(7-11)6-10-4-3-5-12-10/h8-10H,3-7H2,1-2H3. The molecule has 0 N–H and O–H groups in total. The van der Waals surface area contributed by atoms with Gasteiger partial charge in [0.15, 0.2) is 0 Å². The normalized spacial score (nSPS) is 26.5. The number of hydrogen-bond donors (Lipinski definition) is 0. The predicted molar refractivity (Wildman–Crippen MR) is 59.1 cm³/mol. The minimum Gasteiger partial charge on any atom is -0.159 e. The molecule has 0 bridgehead atoms. The first-order valence-electron chi connectivity index (χ1n) is 4.91. The van der Waals surface area contributed by atoms with E-state index in [1.807, 2.05) is 0 Å². The van der Waals surface area contributed by atoms with Crippen molar-refractivity contribution in [1.82, 2.24) is 0 Å². The lowest BCUT2D eigenvalue weighted by atomic mass is 9.92. The van der Waals surface area contributed by atoms with E-state index in [-0.39, 0.29) is 0 Å². The molecule has 1 saturated heterocycles. The maximum absolute atomic E-state index is 5.93. The Morgan fingerprint density at radius 1 is 1.50 bits per heavy atom. The molecule has 72 valence electrons. The van der Waals surface area contributed by atoms with E-state index in [9.17, 15) is 0 Å². The van der Waals surface area contributed by atoms with Gasteiger partial charge in [0, 0.05) is 11.1 Å². The Kier molecular flexibility index (Phi) is 4.81. The summed E-state index contributed by atoms with van der Waals surface area (Å²) in [5.41, 5.74) is 0. The van der Waals surface area contributed by atoms with Crippen LogP contribution in [0, 0.1) is 11.8 Å². The van der Waals surface area contributed by atoms with Crippen molar-refractivity contribution in [2.24, 2.45) is 11.8 Å². The van der Waals surface area contributed by atoms with Crippen LogP contribution in [0.1, 0.15) is 33.1 Å². The van der Waals surface area contributed by atoms with E-state index in [1.165, 1.54) is 25.0 Å². The molecule has 0 amide bonds. The summed E-state index contributed by atoms with van der Waals surface area (Å²) >= 11 is 8.08. The maximum atomic E-state index is 5.93. The Morgan fingerprint density at radius 3 is 2.67 bits per heavy atom. The fourth-order valence-corrected chi connectivity index (χ4v) is 3.55. The molecule has 12 heavy (non-hydrogen) atoms. The summed E-state index contributed by atoms with van der Waals surface area (Å²) in [6.45, 7) is 4.57. The molecule has 1 aliphatic rings. The van der Waals surface area contributed by atoms with Gasteiger partial charge in [0.2, 0.25) is 0 Å². The van der Waals surface area contributed by atoms with Gasteiger partial charge in [0.25, 0.3) is 0 Å². The molecular formula is C10H19ClS. The SMILES string of the molecule is CC(C)C(CCl)CC1CCCS1. The summed E-state index contributed by atoms with van der Waals surface area (Å²) in [5.74, 6) is 3.71. The highest BCUT2D eigenvalue weighted by molar-refractivity contribution is 8.00. The minimum absolute atomic E-state index is 0.738. The van der Waals surface area contributed by atoms with Gasteiger partial charge in [-0.15, -0.1) is 11.6 Å². The Hall–Kier alpha value is 0.640. The highest BCUT2D eigenvalue weighted by atomic mass is 35.5. The number of hydrogen-bond acceptors (Lipinski definition) is 1. The number of thioether (sulfide) groups is 1. The van der Waals surface area contributed by atoms with Crippen molar-refractivity contribution in [2.75, 3.05) is 11.6 Å². The highest BCUT2D eigenvalue weighted by Crippen LogP contribution is 2.33. The van der Waals surface area contributed by atoms with Gasteiger partial charge in [-0.25, -0.2) is 0 Å². The first-order chi connectivity index (χ1) is 5.74. The van der Waals surface area contributed by atoms with Gasteiger partial charge in [0.1, 0.15) is 0 Å². The summed E-state index contributed by atoms with van der Waals surface area (Å²) in [7, 11) is 0. The zero-order chi connectivity index (χ0) is 8.97. The first-order valence-corrected chi connectivity index (χ1v) is 6.50. The Bertz CT molecular complexity index is 119. The van der Waals surface area contributed by atoms with E-state index in [0.717, 1.165) is 23.0 Å². The molecular weight excluding hydrogens is 188 g/mol. The lowest BCUT2D eigenvalue weighted by molar-refractivity contribution is 0.390. The second kappa shape index (κ2) is 5.39. The average Bonchev–Trinajstić information content (AvgIpc) is 2.51. The molecule has 0 aromatic carbocycles. The zero-order valence-corrected chi connectivity index (χ0v) is 9.63. The summed E-state index contributed by atoms with van der Waals surface area (Å²) in [4.78, 5) is 0. The molecule has 1 rings (SSSR count). The maximum Gasteiger partial charge on any atom is 0.0254 e. The Morgan fingerprint density at radius 2 is 2.25 bits per heavy atom. The van der Waals surface area contributed by atoms with E-state index >= 15 is 0 Å². The number of halogens is 1. The summed E-state index contributed by atoms with van der Waals surface area (Å²) < 4.78 is 0. The minimum atomic E-state index is 0.738. The van der Waals surface area contributed by atoms with Crippen LogP contribution in [0.2, 0.25) is 0 Å². The smallest absolute Gasteiger partial charge is 0.0254 e. The molecule has 0 aromatic heterocycles.